The summed E-state index contributed by atoms with van der Waals surface area (Å²) in [6, 6.07) is 6.46. The van der Waals surface area contributed by atoms with Crippen LogP contribution in [-0.4, -0.2) is 10.2 Å². The molecule has 0 radical (unpaired) electrons. The lowest BCUT2D eigenvalue weighted by atomic mass is 9.78. The third kappa shape index (κ3) is 2.64. The van der Waals surface area contributed by atoms with E-state index in [2.05, 4.69) is 44.4 Å². The van der Waals surface area contributed by atoms with Gasteiger partial charge in [0.15, 0.2) is 0 Å². The number of thiazole rings is 1. The van der Waals surface area contributed by atoms with Crippen molar-refractivity contribution in [2.75, 3.05) is 0 Å². The van der Waals surface area contributed by atoms with E-state index in [4.69, 9.17) is 21.6 Å². The minimum atomic E-state index is 0.303. The van der Waals surface area contributed by atoms with Gasteiger partial charge in [0.05, 0.1) is 11.4 Å². The molecule has 23 heavy (non-hydrogen) atoms. The van der Waals surface area contributed by atoms with E-state index in [1.165, 1.54) is 24.1 Å². The monoisotopic (exact) mass is 344 g/mol. The van der Waals surface area contributed by atoms with Gasteiger partial charge in [-0.3, -0.25) is 0 Å². The fraction of sp³-hybridized carbons (Fsp3) is 0.474. The lowest BCUT2D eigenvalue weighted by Crippen LogP contribution is -2.25. The third-order valence-corrected chi connectivity index (χ3v) is 6.29. The van der Waals surface area contributed by atoms with E-state index in [9.17, 15) is 0 Å². The molecule has 1 saturated carbocycles. The number of halogens is 1. The Bertz CT molecular complexity index is 773. The van der Waals surface area contributed by atoms with Crippen LogP contribution in [0, 0.1) is 11.8 Å². The SMILES string of the molecule is CC(C)C1C(Cl)=Nc2c(-c3nc(C4CC4)cs3)cccc2C1C. The molecule has 1 aromatic heterocycles. The highest BCUT2D eigenvalue weighted by Gasteiger charge is 2.33. The maximum atomic E-state index is 6.56. The van der Waals surface area contributed by atoms with Crippen LogP contribution in [0.3, 0.4) is 0 Å². The average molecular weight is 345 g/mol. The molecule has 1 aromatic carbocycles. The molecule has 4 rings (SSSR count). The first kappa shape index (κ1) is 15.3. The van der Waals surface area contributed by atoms with Crippen molar-refractivity contribution in [1.29, 1.82) is 0 Å². The van der Waals surface area contributed by atoms with Crippen LogP contribution >= 0.6 is 22.9 Å². The second-order valence-electron chi connectivity index (χ2n) is 7.09. The molecule has 1 aliphatic heterocycles. The van der Waals surface area contributed by atoms with Crippen LogP contribution in [0.25, 0.3) is 10.6 Å². The lowest BCUT2D eigenvalue weighted by Gasteiger charge is -2.31. The van der Waals surface area contributed by atoms with Crippen molar-refractivity contribution in [3.05, 3.63) is 34.8 Å². The zero-order valence-electron chi connectivity index (χ0n) is 13.7. The number of aliphatic imine (C=N–C) groups is 1. The van der Waals surface area contributed by atoms with Gasteiger partial charge in [0.25, 0.3) is 0 Å². The van der Waals surface area contributed by atoms with E-state index >= 15 is 0 Å². The van der Waals surface area contributed by atoms with Crippen LogP contribution in [0.4, 0.5) is 5.69 Å². The van der Waals surface area contributed by atoms with Crippen LogP contribution in [0.15, 0.2) is 28.6 Å². The minimum absolute atomic E-state index is 0.303. The molecule has 0 saturated heterocycles. The van der Waals surface area contributed by atoms with E-state index in [1.54, 1.807) is 11.3 Å². The highest BCUT2D eigenvalue weighted by Crippen LogP contribution is 2.48. The second-order valence-corrected chi connectivity index (χ2v) is 8.33. The van der Waals surface area contributed by atoms with Crippen LogP contribution in [-0.2, 0) is 0 Å². The molecule has 0 N–H and O–H groups in total. The van der Waals surface area contributed by atoms with Crippen molar-refractivity contribution >= 4 is 33.8 Å². The summed E-state index contributed by atoms with van der Waals surface area (Å²) >= 11 is 8.29. The summed E-state index contributed by atoms with van der Waals surface area (Å²) in [5.74, 6) is 1.87. The third-order valence-electron chi connectivity index (χ3n) is 5.06. The quantitative estimate of drug-likeness (QED) is 0.637. The summed E-state index contributed by atoms with van der Waals surface area (Å²) in [5, 5.41) is 4.03. The summed E-state index contributed by atoms with van der Waals surface area (Å²) in [5.41, 5.74) is 4.71. The largest absolute Gasteiger partial charge is 0.241 e. The Kier molecular flexibility index (Phi) is 3.81. The molecule has 0 bridgehead atoms. The van der Waals surface area contributed by atoms with Gasteiger partial charge in [0, 0.05) is 22.8 Å². The van der Waals surface area contributed by atoms with Gasteiger partial charge in [-0.2, -0.15) is 0 Å². The number of hydrogen-bond donors (Lipinski definition) is 0. The highest BCUT2D eigenvalue weighted by atomic mass is 35.5. The molecule has 4 heteroatoms. The van der Waals surface area contributed by atoms with Crippen molar-refractivity contribution < 1.29 is 0 Å². The Balaban J connectivity index is 1.80. The summed E-state index contributed by atoms with van der Waals surface area (Å²) < 4.78 is 0. The predicted molar refractivity (Wildman–Crippen MR) is 99.2 cm³/mol. The molecule has 0 spiro atoms. The topological polar surface area (TPSA) is 25.2 Å². The number of hydrogen-bond acceptors (Lipinski definition) is 3. The van der Waals surface area contributed by atoms with E-state index < -0.39 is 0 Å². The van der Waals surface area contributed by atoms with Crippen molar-refractivity contribution in [3.8, 4) is 10.6 Å². The van der Waals surface area contributed by atoms with Gasteiger partial charge in [-0.15, -0.1) is 11.3 Å². The molecule has 1 fully saturated rings. The van der Waals surface area contributed by atoms with Gasteiger partial charge < -0.3 is 0 Å². The fourth-order valence-corrected chi connectivity index (χ4v) is 5.09. The van der Waals surface area contributed by atoms with E-state index in [1.807, 2.05) is 0 Å². The normalized spacial score (nSPS) is 23.8. The highest BCUT2D eigenvalue weighted by molar-refractivity contribution is 7.13. The van der Waals surface area contributed by atoms with Crippen LogP contribution in [0.2, 0.25) is 0 Å². The van der Waals surface area contributed by atoms with E-state index in [0.29, 0.717) is 23.7 Å². The molecule has 2 heterocycles. The van der Waals surface area contributed by atoms with Crippen molar-refractivity contribution in [1.82, 2.24) is 4.98 Å². The first-order valence-electron chi connectivity index (χ1n) is 8.39. The van der Waals surface area contributed by atoms with Gasteiger partial charge in [-0.1, -0.05) is 44.5 Å². The van der Waals surface area contributed by atoms with Crippen LogP contribution in [0.5, 0.6) is 0 Å². The molecule has 2 aliphatic rings. The fourth-order valence-electron chi connectivity index (χ4n) is 3.64. The Hall–Kier alpha value is -1.19. The molecule has 2 unspecified atom stereocenters. The zero-order valence-corrected chi connectivity index (χ0v) is 15.3. The molecular weight excluding hydrogens is 324 g/mol. The van der Waals surface area contributed by atoms with E-state index in [0.717, 1.165) is 21.4 Å². The first-order chi connectivity index (χ1) is 11.1. The number of fused-ring (bicyclic) bond motifs is 1. The molecule has 2 aromatic rings. The minimum Gasteiger partial charge on any atom is -0.241 e. The smallest absolute Gasteiger partial charge is 0.125 e. The van der Waals surface area contributed by atoms with E-state index in [-0.39, 0.29) is 0 Å². The van der Waals surface area contributed by atoms with Gasteiger partial charge in [-0.05, 0) is 36.3 Å². The maximum Gasteiger partial charge on any atom is 0.125 e. The molecule has 120 valence electrons. The number of nitrogens with zero attached hydrogens (tertiary/aromatic N) is 2. The molecular formula is C19H21ClN2S. The summed E-state index contributed by atoms with van der Waals surface area (Å²) in [6.45, 7) is 6.70. The maximum absolute atomic E-state index is 6.56. The van der Waals surface area contributed by atoms with Crippen molar-refractivity contribution in [2.24, 2.45) is 16.8 Å². The number of benzene rings is 1. The number of aromatic nitrogens is 1. The predicted octanol–water partition coefficient (Wildman–Crippen LogP) is 6.35. The van der Waals surface area contributed by atoms with Gasteiger partial charge in [-0.25, -0.2) is 9.98 Å². The summed E-state index contributed by atoms with van der Waals surface area (Å²) in [4.78, 5) is 9.65. The second kappa shape index (κ2) is 5.71. The Morgan fingerprint density at radius 2 is 2.04 bits per heavy atom. The lowest BCUT2D eigenvalue weighted by molar-refractivity contribution is 0.432. The molecule has 1 aliphatic carbocycles. The first-order valence-corrected chi connectivity index (χ1v) is 9.64. The molecule has 0 amide bonds. The van der Waals surface area contributed by atoms with Crippen LogP contribution < -0.4 is 0 Å². The molecule has 2 nitrogen and oxygen atoms in total. The van der Waals surface area contributed by atoms with Gasteiger partial charge in [0.1, 0.15) is 10.2 Å². The van der Waals surface area contributed by atoms with Crippen LogP contribution in [0.1, 0.15) is 56.7 Å². The van der Waals surface area contributed by atoms with Crippen molar-refractivity contribution in [2.45, 2.75) is 45.4 Å². The average Bonchev–Trinajstić information content (AvgIpc) is 3.24. The summed E-state index contributed by atoms with van der Waals surface area (Å²) in [7, 11) is 0. The van der Waals surface area contributed by atoms with Crippen molar-refractivity contribution in [3.63, 3.8) is 0 Å². The Morgan fingerprint density at radius 3 is 2.74 bits per heavy atom. The van der Waals surface area contributed by atoms with Gasteiger partial charge >= 0.3 is 0 Å². The Morgan fingerprint density at radius 1 is 1.26 bits per heavy atom. The summed E-state index contributed by atoms with van der Waals surface area (Å²) in [6.07, 6.45) is 2.57. The zero-order chi connectivity index (χ0) is 16.1. The standard InChI is InChI=1S/C19H21ClN2S/c1-10(2)16-11(3)13-5-4-6-14(17(13)22-18(16)20)19-21-15(9-23-19)12-7-8-12/h4-6,9-12,16H,7-8H2,1-3H3. The number of rotatable bonds is 3. The Labute approximate surface area is 146 Å². The van der Waals surface area contributed by atoms with Gasteiger partial charge in [0.2, 0.25) is 0 Å². The number of para-hydroxylation sites is 1. The molecule has 2 atom stereocenters.